The predicted molar refractivity (Wildman–Crippen MR) is 117 cm³/mol. The topological polar surface area (TPSA) is 61.8 Å². The van der Waals surface area contributed by atoms with E-state index >= 15 is 4.39 Å². The molecule has 0 aromatic heterocycles. The number of carbonyl (C=O) groups is 1. The largest absolute Gasteiger partial charge is 0.396 e. The summed E-state index contributed by atoms with van der Waals surface area (Å²) >= 11 is 0. The maximum Gasteiger partial charge on any atom is 0.222 e. The SMILES string of the molecule is CC1(C)[C@@H]2C[C@@H]3[C@@H](c4ccc(N5CCCC5)c(F)c4)OCCC3(C2)[C@@H]1NC(=O)CCO. The molecule has 2 N–H and O–H groups in total. The minimum Gasteiger partial charge on any atom is -0.396 e. The lowest BCUT2D eigenvalue weighted by molar-refractivity contribution is -0.137. The first-order chi connectivity index (χ1) is 14.9. The van der Waals surface area contributed by atoms with Gasteiger partial charge >= 0.3 is 0 Å². The number of aliphatic hydroxyl groups excluding tert-OH is 1. The fourth-order valence-corrected chi connectivity index (χ4v) is 7.37. The molecule has 2 aliphatic heterocycles. The van der Waals surface area contributed by atoms with Gasteiger partial charge in [-0.25, -0.2) is 4.39 Å². The maximum atomic E-state index is 15.1. The van der Waals surface area contributed by atoms with Crippen LogP contribution in [-0.4, -0.2) is 43.4 Å². The Morgan fingerprint density at radius 1 is 1.32 bits per heavy atom. The second kappa shape index (κ2) is 7.73. The molecule has 2 heterocycles. The molecule has 2 aliphatic carbocycles. The first-order valence-corrected chi connectivity index (χ1v) is 11.9. The van der Waals surface area contributed by atoms with Crippen molar-refractivity contribution in [2.45, 2.75) is 64.5 Å². The van der Waals surface area contributed by atoms with E-state index in [2.05, 4.69) is 30.1 Å². The maximum absolute atomic E-state index is 15.1. The van der Waals surface area contributed by atoms with Crippen LogP contribution in [0.15, 0.2) is 18.2 Å². The van der Waals surface area contributed by atoms with Gasteiger partial charge < -0.3 is 20.1 Å². The predicted octanol–water partition coefficient (Wildman–Crippen LogP) is 3.81. The molecule has 1 aromatic rings. The highest BCUT2D eigenvalue weighted by molar-refractivity contribution is 5.76. The standard InChI is InChI=1S/C25H35FN2O3/c1-24(2)17-14-18-22(16-5-6-20(19(26)13-16)28-9-3-4-10-28)31-12-8-25(18,15-17)23(24)27-21(30)7-11-29/h5-6,13,17-18,22-23,29H,3-4,7-12,14-15H2,1-2H3,(H,27,30)/t17-,18-,22-,23-,25?/m1/s1. The Labute approximate surface area is 184 Å². The van der Waals surface area contributed by atoms with E-state index < -0.39 is 0 Å². The second-order valence-corrected chi connectivity index (χ2v) is 10.7. The fourth-order valence-electron chi connectivity index (χ4n) is 7.37. The van der Waals surface area contributed by atoms with Crippen LogP contribution in [-0.2, 0) is 9.53 Å². The number of nitrogens with one attached hydrogen (secondary N) is 1. The van der Waals surface area contributed by atoms with Crippen LogP contribution in [0.2, 0.25) is 0 Å². The van der Waals surface area contributed by atoms with Gasteiger partial charge in [0, 0.05) is 32.2 Å². The smallest absolute Gasteiger partial charge is 0.222 e. The molecular formula is C25H35FN2O3. The number of nitrogens with zero attached hydrogens (tertiary/aromatic N) is 1. The van der Waals surface area contributed by atoms with Crippen LogP contribution in [0.3, 0.4) is 0 Å². The average molecular weight is 431 g/mol. The summed E-state index contributed by atoms with van der Waals surface area (Å²) in [5.41, 5.74) is 1.62. The second-order valence-electron chi connectivity index (χ2n) is 10.7. The van der Waals surface area contributed by atoms with Crippen molar-refractivity contribution in [2.24, 2.45) is 22.7 Å². The number of ether oxygens (including phenoxy) is 1. The molecule has 4 aliphatic rings. The van der Waals surface area contributed by atoms with Crippen LogP contribution in [0.5, 0.6) is 0 Å². The van der Waals surface area contributed by atoms with Crippen molar-refractivity contribution in [3.63, 3.8) is 0 Å². The summed E-state index contributed by atoms with van der Waals surface area (Å²) in [5.74, 6) is 0.551. The van der Waals surface area contributed by atoms with Crippen molar-refractivity contribution in [2.75, 3.05) is 31.2 Å². The summed E-state index contributed by atoms with van der Waals surface area (Å²) in [5, 5.41) is 12.5. The number of amides is 1. The number of hydrogen-bond acceptors (Lipinski definition) is 4. The Balaban J connectivity index is 1.43. The first kappa shape index (κ1) is 21.2. The minimum atomic E-state index is -0.154. The summed E-state index contributed by atoms with van der Waals surface area (Å²) in [7, 11) is 0. The zero-order valence-electron chi connectivity index (χ0n) is 18.7. The van der Waals surface area contributed by atoms with E-state index in [1.54, 1.807) is 6.07 Å². The van der Waals surface area contributed by atoms with Crippen molar-refractivity contribution in [3.8, 4) is 0 Å². The van der Waals surface area contributed by atoms with Gasteiger partial charge in [-0.3, -0.25) is 4.79 Å². The van der Waals surface area contributed by atoms with Gasteiger partial charge in [0.1, 0.15) is 5.82 Å². The fraction of sp³-hybridized carbons (Fsp3) is 0.720. The number of hydrogen-bond donors (Lipinski definition) is 2. The molecule has 5 rings (SSSR count). The molecule has 6 heteroatoms. The lowest BCUT2D eigenvalue weighted by Crippen LogP contribution is -2.59. The molecule has 2 bridgehead atoms. The number of benzene rings is 1. The van der Waals surface area contributed by atoms with Crippen molar-refractivity contribution >= 4 is 11.6 Å². The van der Waals surface area contributed by atoms with Crippen molar-refractivity contribution < 1.29 is 19.0 Å². The minimum absolute atomic E-state index is 0.00830. The molecule has 1 unspecified atom stereocenters. The van der Waals surface area contributed by atoms with Crippen molar-refractivity contribution in [1.29, 1.82) is 0 Å². The summed E-state index contributed by atoms with van der Waals surface area (Å²) < 4.78 is 21.3. The zero-order valence-corrected chi connectivity index (χ0v) is 18.7. The highest BCUT2D eigenvalue weighted by atomic mass is 19.1. The van der Waals surface area contributed by atoms with Gasteiger partial charge in [-0.05, 0) is 72.5 Å². The third-order valence-corrected chi connectivity index (χ3v) is 8.90. The van der Waals surface area contributed by atoms with E-state index in [-0.39, 0.29) is 53.6 Å². The monoisotopic (exact) mass is 430 g/mol. The Kier molecular flexibility index (Phi) is 5.29. The number of fused-ring (bicyclic) bond motifs is 1. The summed E-state index contributed by atoms with van der Waals surface area (Å²) in [4.78, 5) is 14.6. The average Bonchev–Trinajstić information content (AvgIpc) is 3.43. The van der Waals surface area contributed by atoms with E-state index in [1.165, 1.54) is 0 Å². The van der Waals surface area contributed by atoms with Crippen LogP contribution in [0.4, 0.5) is 10.1 Å². The highest BCUT2D eigenvalue weighted by Gasteiger charge is 2.68. The third-order valence-electron chi connectivity index (χ3n) is 8.90. The van der Waals surface area contributed by atoms with Crippen molar-refractivity contribution in [1.82, 2.24) is 5.32 Å². The van der Waals surface area contributed by atoms with E-state index in [4.69, 9.17) is 4.74 Å². The van der Waals surface area contributed by atoms with Gasteiger partial charge in [-0.2, -0.15) is 0 Å². The Morgan fingerprint density at radius 2 is 2.10 bits per heavy atom. The van der Waals surface area contributed by atoms with Gasteiger partial charge in [0.15, 0.2) is 0 Å². The van der Waals surface area contributed by atoms with Crippen LogP contribution in [0.25, 0.3) is 0 Å². The van der Waals surface area contributed by atoms with Crippen molar-refractivity contribution in [3.05, 3.63) is 29.6 Å². The third kappa shape index (κ3) is 3.29. The molecule has 1 aromatic carbocycles. The van der Waals surface area contributed by atoms with Crippen LogP contribution in [0, 0.1) is 28.5 Å². The molecule has 1 spiro atoms. The zero-order chi connectivity index (χ0) is 21.8. The number of halogens is 1. The number of aliphatic hydroxyl groups is 1. The molecule has 2 saturated heterocycles. The highest BCUT2D eigenvalue weighted by Crippen LogP contribution is 2.70. The number of anilines is 1. The summed E-state index contributed by atoms with van der Waals surface area (Å²) in [6.45, 7) is 6.88. The molecule has 2 saturated carbocycles. The van der Waals surface area contributed by atoms with Gasteiger partial charge in [-0.1, -0.05) is 19.9 Å². The quantitative estimate of drug-likeness (QED) is 0.746. The Bertz CT molecular complexity index is 853. The van der Waals surface area contributed by atoms with E-state index in [9.17, 15) is 9.90 Å². The van der Waals surface area contributed by atoms with E-state index in [0.717, 1.165) is 50.8 Å². The van der Waals surface area contributed by atoms with Gasteiger partial charge in [0.25, 0.3) is 0 Å². The Hall–Kier alpha value is -1.66. The van der Waals surface area contributed by atoms with Gasteiger partial charge in [0.05, 0.1) is 18.4 Å². The lowest BCUT2D eigenvalue weighted by atomic mass is 9.59. The molecule has 0 radical (unpaired) electrons. The molecule has 5 atom stereocenters. The van der Waals surface area contributed by atoms with E-state index in [0.29, 0.717) is 18.2 Å². The molecule has 170 valence electrons. The molecule has 1 amide bonds. The van der Waals surface area contributed by atoms with Crippen LogP contribution >= 0.6 is 0 Å². The summed E-state index contributed by atoms with van der Waals surface area (Å²) in [6.07, 6.45) is 5.32. The normalized spacial score (nSPS) is 35.9. The van der Waals surface area contributed by atoms with Gasteiger partial charge in [-0.15, -0.1) is 0 Å². The molecule has 31 heavy (non-hydrogen) atoms. The first-order valence-electron chi connectivity index (χ1n) is 11.9. The molecular weight excluding hydrogens is 395 g/mol. The number of carbonyl (C=O) groups excluding carboxylic acids is 1. The molecule has 4 fully saturated rings. The van der Waals surface area contributed by atoms with E-state index in [1.807, 2.05) is 6.07 Å². The van der Waals surface area contributed by atoms with Crippen LogP contribution < -0.4 is 10.2 Å². The lowest BCUT2D eigenvalue weighted by Gasteiger charge is -2.53. The van der Waals surface area contributed by atoms with Gasteiger partial charge in [0.2, 0.25) is 5.91 Å². The molecule has 5 nitrogen and oxygen atoms in total. The van der Waals surface area contributed by atoms with Crippen LogP contribution in [0.1, 0.15) is 64.0 Å². The Morgan fingerprint density at radius 3 is 2.81 bits per heavy atom. The number of rotatable bonds is 5. The summed E-state index contributed by atoms with van der Waals surface area (Å²) in [6, 6.07) is 5.73.